The van der Waals surface area contributed by atoms with E-state index in [1.807, 2.05) is 112 Å². The van der Waals surface area contributed by atoms with Gasteiger partial charge in [0.1, 0.15) is 36.3 Å². The summed E-state index contributed by atoms with van der Waals surface area (Å²) >= 11 is 0. The minimum Gasteiger partial charge on any atom is -0.492 e. The van der Waals surface area contributed by atoms with Gasteiger partial charge in [-0.05, 0) is 73.8 Å². The number of fused-ring (bicyclic) bond motifs is 2. The Bertz CT molecular complexity index is 3040. The summed E-state index contributed by atoms with van der Waals surface area (Å²) in [6.07, 6.45) is 7.34. The van der Waals surface area contributed by atoms with Gasteiger partial charge in [-0.1, -0.05) is 60.7 Å². The monoisotopic (exact) mass is 982 g/mol. The van der Waals surface area contributed by atoms with Gasteiger partial charge in [-0.3, -0.25) is 4.90 Å². The van der Waals surface area contributed by atoms with E-state index in [0.717, 1.165) is 171 Å². The Balaban J connectivity index is 0.000000168. The summed E-state index contributed by atoms with van der Waals surface area (Å²) < 4.78 is 28.3. The molecule has 2 N–H and O–H groups in total. The summed E-state index contributed by atoms with van der Waals surface area (Å²) in [6, 6.07) is 36.7. The van der Waals surface area contributed by atoms with Gasteiger partial charge in [-0.25, -0.2) is 29.9 Å². The SMILES string of the molecule is CN(C)CCOc1cccc(-c2cccc3cnc(Nc4ccc(N5CCOCC5)nc4)nc23)c1.c1cc(OCCN2CCOCC2)cc(-c2cccc3cnc(Nc4ccc(N5CCOCC5)nc4)nc23)c1. The van der Waals surface area contributed by atoms with E-state index in [-0.39, 0.29) is 0 Å². The molecule has 17 nitrogen and oxygen atoms in total. The fourth-order valence-corrected chi connectivity index (χ4v) is 8.81. The summed E-state index contributed by atoms with van der Waals surface area (Å²) in [7, 11) is 4.07. The molecule has 7 heterocycles. The second-order valence-electron chi connectivity index (χ2n) is 18.1. The zero-order valence-electron chi connectivity index (χ0n) is 41.5. The van der Waals surface area contributed by atoms with Crippen molar-refractivity contribution in [2.24, 2.45) is 0 Å². The Kier molecular flexibility index (Phi) is 16.3. The molecule has 11 rings (SSSR count). The number of hydrogen-bond acceptors (Lipinski definition) is 17. The number of likely N-dealkylation sites (N-methyl/N-ethyl adjacent to an activating group) is 1. The van der Waals surface area contributed by atoms with Gasteiger partial charge in [0.05, 0.1) is 74.4 Å². The van der Waals surface area contributed by atoms with Crippen molar-refractivity contribution in [2.75, 3.05) is 140 Å². The number of morpholine rings is 3. The van der Waals surface area contributed by atoms with Crippen molar-refractivity contribution in [3.63, 3.8) is 0 Å². The molecule has 0 radical (unpaired) electrons. The Hall–Kier alpha value is -7.54. The predicted molar refractivity (Wildman–Crippen MR) is 288 cm³/mol. The standard InChI is InChI=1S/C29H32N6O3.C27H30N6O2/c1-3-22(19-25(5-1)38-18-11-34-9-14-36-15-10-34)26-6-2-4-23-20-31-29(33-28(23)26)32-24-7-8-27(30-21-24)35-12-16-37-17-13-35;1-32(2)11-16-35-23-7-3-5-20(17-23)24-8-4-6-21-18-29-27(31-26(21)24)30-22-9-10-25(28-19-22)33-12-14-34-15-13-33/h1-8,19-21H,9-18H2,(H,31,32,33);3-10,17-19H,11-16H2,1-2H3,(H,29,30,31). The summed E-state index contributed by atoms with van der Waals surface area (Å²) in [6.45, 7) is 12.9. The highest BCUT2D eigenvalue weighted by Gasteiger charge is 2.16. The molecule has 0 amide bonds. The number of anilines is 6. The fourth-order valence-electron chi connectivity index (χ4n) is 8.81. The first kappa shape index (κ1) is 49.1. The Morgan fingerprint density at radius 3 is 1.44 bits per heavy atom. The van der Waals surface area contributed by atoms with E-state index >= 15 is 0 Å². The van der Waals surface area contributed by atoms with Crippen LogP contribution >= 0.6 is 0 Å². The smallest absolute Gasteiger partial charge is 0.227 e. The van der Waals surface area contributed by atoms with Crippen molar-refractivity contribution in [1.29, 1.82) is 0 Å². The summed E-state index contributed by atoms with van der Waals surface area (Å²) in [5.41, 5.74) is 7.63. The van der Waals surface area contributed by atoms with Crippen LogP contribution in [0.15, 0.2) is 134 Å². The molecule has 0 aliphatic carbocycles. The van der Waals surface area contributed by atoms with Crippen LogP contribution in [0.4, 0.5) is 34.9 Å². The van der Waals surface area contributed by atoms with Gasteiger partial charge >= 0.3 is 0 Å². The van der Waals surface area contributed by atoms with Crippen molar-refractivity contribution < 1.29 is 23.7 Å². The lowest BCUT2D eigenvalue weighted by atomic mass is 10.0. The van der Waals surface area contributed by atoms with Gasteiger partial charge in [0.2, 0.25) is 11.9 Å². The third kappa shape index (κ3) is 13.1. The van der Waals surface area contributed by atoms with Crippen LogP contribution in [0.3, 0.4) is 0 Å². The summed E-state index contributed by atoms with van der Waals surface area (Å²) in [5.74, 6) is 4.67. The number of rotatable bonds is 16. The first-order valence-electron chi connectivity index (χ1n) is 25.0. The van der Waals surface area contributed by atoms with Crippen LogP contribution in [0.5, 0.6) is 11.5 Å². The van der Waals surface area contributed by atoms with Gasteiger partial charge in [-0.15, -0.1) is 0 Å². The number of ether oxygens (including phenoxy) is 5. The van der Waals surface area contributed by atoms with Crippen molar-refractivity contribution in [3.8, 4) is 33.8 Å². The molecule has 8 aromatic rings. The maximum absolute atomic E-state index is 6.09. The molecule has 3 fully saturated rings. The summed E-state index contributed by atoms with van der Waals surface area (Å²) in [5, 5.41) is 8.57. The van der Waals surface area contributed by atoms with E-state index < -0.39 is 0 Å². The number of benzene rings is 4. The van der Waals surface area contributed by atoms with Crippen LogP contribution < -0.4 is 29.9 Å². The number of nitrogens with one attached hydrogen (secondary N) is 2. The molecule has 0 unspecified atom stereocenters. The molecule has 0 atom stereocenters. The highest BCUT2D eigenvalue weighted by molar-refractivity contribution is 5.95. The largest absolute Gasteiger partial charge is 0.492 e. The zero-order valence-corrected chi connectivity index (χ0v) is 41.5. The van der Waals surface area contributed by atoms with E-state index in [2.05, 4.69) is 86.6 Å². The van der Waals surface area contributed by atoms with Crippen molar-refractivity contribution in [2.45, 2.75) is 0 Å². The van der Waals surface area contributed by atoms with Gasteiger partial charge < -0.3 is 49.0 Å². The lowest BCUT2D eigenvalue weighted by molar-refractivity contribution is 0.0322. The topological polar surface area (TPSA) is 161 Å². The third-order valence-electron chi connectivity index (χ3n) is 12.8. The van der Waals surface area contributed by atoms with Gasteiger partial charge in [0.15, 0.2) is 0 Å². The van der Waals surface area contributed by atoms with Gasteiger partial charge in [-0.2, -0.15) is 0 Å². The molecule has 0 bridgehead atoms. The molecule has 0 saturated carbocycles. The molecule has 3 saturated heterocycles. The van der Waals surface area contributed by atoms with E-state index in [9.17, 15) is 0 Å². The molecule has 17 heteroatoms. The second-order valence-corrected chi connectivity index (χ2v) is 18.1. The highest BCUT2D eigenvalue weighted by atomic mass is 16.5. The number of para-hydroxylation sites is 2. The van der Waals surface area contributed by atoms with Crippen molar-refractivity contribution in [1.82, 2.24) is 39.7 Å². The second kappa shape index (κ2) is 24.3. The van der Waals surface area contributed by atoms with E-state index in [1.165, 1.54) is 0 Å². The molecule has 4 aromatic heterocycles. The van der Waals surface area contributed by atoms with Crippen LogP contribution in [-0.4, -0.2) is 159 Å². The molecule has 376 valence electrons. The predicted octanol–water partition coefficient (Wildman–Crippen LogP) is 8.20. The van der Waals surface area contributed by atoms with Crippen LogP contribution in [0.1, 0.15) is 0 Å². The lowest BCUT2D eigenvalue weighted by Crippen LogP contribution is -2.38. The van der Waals surface area contributed by atoms with Crippen LogP contribution in [0, 0.1) is 0 Å². The number of hydrogen-bond donors (Lipinski definition) is 2. The lowest BCUT2D eigenvalue weighted by Gasteiger charge is -2.27. The summed E-state index contributed by atoms with van der Waals surface area (Å²) in [4.78, 5) is 36.9. The van der Waals surface area contributed by atoms with Crippen molar-refractivity contribution >= 4 is 56.7 Å². The van der Waals surface area contributed by atoms with Crippen molar-refractivity contribution in [3.05, 3.63) is 134 Å². The van der Waals surface area contributed by atoms with E-state index in [0.29, 0.717) is 25.1 Å². The molecule has 73 heavy (non-hydrogen) atoms. The highest BCUT2D eigenvalue weighted by Crippen LogP contribution is 2.32. The molecule has 3 aliphatic heterocycles. The quantitative estimate of drug-likeness (QED) is 0.0953. The first-order valence-corrected chi connectivity index (χ1v) is 25.0. The Morgan fingerprint density at radius 1 is 0.507 bits per heavy atom. The Morgan fingerprint density at radius 2 is 0.973 bits per heavy atom. The first-order chi connectivity index (χ1) is 36.0. The number of aromatic nitrogens is 6. The molecular weight excluding hydrogens is 921 g/mol. The minimum atomic E-state index is 0.531. The van der Waals surface area contributed by atoms with Crippen LogP contribution in [0.25, 0.3) is 44.1 Å². The van der Waals surface area contributed by atoms with Crippen LogP contribution in [-0.2, 0) is 14.2 Å². The normalized spacial score (nSPS) is 15.2. The fraction of sp³-hybridized carbons (Fsp3) is 0.321. The van der Waals surface area contributed by atoms with E-state index in [1.54, 1.807) is 0 Å². The molecule has 4 aromatic carbocycles. The zero-order chi connectivity index (χ0) is 49.6. The molecular formula is C56H62N12O5. The Labute approximate surface area is 426 Å². The average Bonchev–Trinajstić information content (AvgIpc) is 3.44. The third-order valence-corrected chi connectivity index (χ3v) is 12.8. The van der Waals surface area contributed by atoms with Gasteiger partial charge in [0, 0.05) is 86.7 Å². The van der Waals surface area contributed by atoms with Crippen LogP contribution in [0.2, 0.25) is 0 Å². The average molecular weight is 983 g/mol. The number of nitrogens with zero attached hydrogens (tertiary/aromatic N) is 10. The van der Waals surface area contributed by atoms with E-state index in [4.69, 9.17) is 33.7 Å². The maximum atomic E-state index is 6.09. The number of pyridine rings is 2. The maximum Gasteiger partial charge on any atom is 0.227 e. The molecule has 3 aliphatic rings. The minimum absolute atomic E-state index is 0.531. The molecule has 0 spiro atoms. The van der Waals surface area contributed by atoms with Gasteiger partial charge in [0.25, 0.3) is 0 Å².